The van der Waals surface area contributed by atoms with Gasteiger partial charge in [0.15, 0.2) is 0 Å². The molecular weight excluding hydrogens is 284 g/mol. The average molecular weight is 294 g/mol. The molecule has 0 aliphatic rings. The molecule has 6 nitrogen and oxygen atoms in total. The number of nitrogens with zero attached hydrogens (tertiary/aromatic N) is 4. The Morgan fingerprint density at radius 2 is 1.07 bits per heavy atom. The van der Waals surface area contributed by atoms with Crippen molar-refractivity contribution in [3.63, 3.8) is 0 Å². The smallest absolute Gasteiger partial charge is 0.741 e. The Labute approximate surface area is 110 Å². The van der Waals surface area contributed by atoms with E-state index in [-0.39, 0.29) is 27.4 Å². The van der Waals surface area contributed by atoms with Gasteiger partial charge in [0.25, 0.3) is 0 Å². The second kappa shape index (κ2) is 8.54. The van der Waals surface area contributed by atoms with Gasteiger partial charge in [0.05, 0.1) is 11.4 Å². The second-order valence-electron chi connectivity index (χ2n) is 2.25. The molecule has 0 aromatic rings. The van der Waals surface area contributed by atoms with Crippen LogP contribution in [0.3, 0.4) is 0 Å². The molecule has 0 atom stereocenters. The van der Waals surface area contributed by atoms with Crippen LogP contribution >= 0.6 is 0 Å². The molecule has 15 heavy (non-hydrogen) atoms. The molecule has 0 aromatic carbocycles. The minimum atomic E-state index is -0.0385. The van der Waals surface area contributed by atoms with Crippen LogP contribution in [0, 0.1) is 0 Å². The molecule has 0 spiro atoms. The van der Waals surface area contributed by atoms with E-state index in [0.29, 0.717) is 11.4 Å². The Morgan fingerprint density at radius 3 is 1.27 bits per heavy atom. The largest absolute Gasteiger partial charge is 2.00 e. The van der Waals surface area contributed by atoms with Gasteiger partial charge in [0.1, 0.15) is 0 Å². The Hall–Kier alpha value is -0.761. The molecule has 0 saturated heterocycles. The Kier molecular flexibility index (Phi) is 9.49. The van der Waals surface area contributed by atoms with E-state index in [4.69, 9.17) is 11.5 Å². The van der Waals surface area contributed by atoms with Crippen molar-refractivity contribution < 1.29 is 17.1 Å². The Bertz CT molecular complexity index is 282. The van der Waals surface area contributed by atoms with Crippen LogP contribution < -0.4 is 11.5 Å². The van der Waals surface area contributed by atoms with E-state index in [0.717, 1.165) is 0 Å². The van der Waals surface area contributed by atoms with Gasteiger partial charge in [0, 0.05) is 0 Å². The molecule has 0 heterocycles. The number of amidine groups is 2. The molecule has 0 saturated carbocycles. The fourth-order valence-electron chi connectivity index (χ4n) is 0.393. The van der Waals surface area contributed by atoms with Crippen LogP contribution in [0.15, 0.2) is 20.4 Å². The molecule has 9 heteroatoms. The molecule has 0 aromatic heterocycles. The third-order valence-corrected chi connectivity index (χ3v) is 1.28. The van der Waals surface area contributed by atoms with E-state index in [2.05, 4.69) is 45.7 Å². The van der Waals surface area contributed by atoms with Crippen molar-refractivity contribution in [3.8, 4) is 0 Å². The molecule has 0 rings (SSSR count). The normalized spacial score (nSPS) is 14.8. The van der Waals surface area contributed by atoms with Gasteiger partial charge in [-0.15, -0.1) is 0 Å². The zero-order valence-corrected chi connectivity index (χ0v) is 10.6. The number of rotatable bonds is 3. The summed E-state index contributed by atoms with van der Waals surface area (Å²) in [6.45, 7) is 3.38. The van der Waals surface area contributed by atoms with Gasteiger partial charge in [-0.3, -0.25) is 0 Å². The van der Waals surface area contributed by atoms with Crippen LogP contribution in [0.5, 0.6) is 0 Å². The first kappa shape index (κ1) is 16.7. The van der Waals surface area contributed by atoms with E-state index in [1.807, 2.05) is 0 Å². The van der Waals surface area contributed by atoms with Crippen LogP contribution in [-0.4, -0.2) is 21.8 Å². The number of hydrogen-bond donors (Lipinski definition) is 2. The standard InChI is InChI=1S/C6H12N6S2.Cu/c1-3(9-11-5(7)13)4(2)10-12-6(8)14;/h1-2H3,(H3,7,11,13)(H3,8,12,14);/q;+2/p-2/b9-3-,10-4+;. The molecule has 0 bridgehead atoms. The van der Waals surface area contributed by atoms with Crippen molar-refractivity contribution in [2.24, 2.45) is 31.9 Å². The summed E-state index contributed by atoms with van der Waals surface area (Å²) in [4.78, 5) is 0. The summed E-state index contributed by atoms with van der Waals surface area (Å²) in [5.74, 6) is 0. The predicted octanol–water partition coefficient (Wildman–Crippen LogP) is -0.541. The van der Waals surface area contributed by atoms with Gasteiger partial charge in [-0.1, -0.05) is 0 Å². The summed E-state index contributed by atoms with van der Waals surface area (Å²) in [7, 11) is 0. The summed E-state index contributed by atoms with van der Waals surface area (Å²) >= 11 is 9.01. The maximum atomic E-state index is 5.12. The second-order valence-corrected chi connectivity index (χ2v) is 3.08. The summed E-state index contributed by atoms with van der Waals surface area (Å²) < 4.78 is 0. The van der Waals surface area contributed by atoms with Crippen molar-refractivity contribution in [1.29, 1.82) is 0 Å². The van der Waals surface area contributed by atoms with Crippen LogP contribution in [-0.2, 0) is 42.3 Å². The average Bonchev–Trinajstić information content (AvgIpc) is 2.09. The number of nitrogens with two attached hydrogens (primary N) is 2. The topological polar surface area (TPSA) is 101 Å². The van der Waals surface area contributed by atoms with Gasteiger partial charge >= 0.3 is 17.1 Å². The van der Waals surface area contributed by atoms with E-state index < -0.39 is 0 Å². The molecule has 0 amide bonds. The fourth-order valence-corrected chi connectivity index (χ4v) is 0.475. The van der Waals surface area contributed by atoms with Gasteiger partial charge in [-0.05, 0) is 24.2 Å². The van der Waals surface area contributed by atoms with Gasteiger partial charge in [0.2, 0.25) is 0 Å². The van der Waals surface area contributed by atoms with E-state index in [9.17, 15) is 0 Å². The predicted molar refractivity (Wildman–Crippen MR) is 64.2 cm³/mol. The minimum absolute atomic E-state index is 0. The number of hydrogen-bond acceptors (Lipinski definition) is 6. The molecule has 1 radical (unpaired) electrons. The zero-order valence-electron chi connectivity index (χ0n) is 8.06. The first-order valence-electron chi connectivity index (χ1n) is 3.53. The molecule has 87 valence electrons. The van der Waals surface area contributed by atoms with Gasteiger partial charge in [-0.2, -0.15) is 20.4 Å². The van der Waals surface area contributed by atoms with Crippen LogP contribution in [0.1, 0.15) is 13.8 Å². The van der Waals surface area contributed by atoms with Crippen molar-refractivity contribution in [2.45, 2.75) is 13.8 Å². The summed E-state index contributed by atoms with van der Waals surface area (Å²) in [6.07, 6.45) is 0. The summed E-state index contributed by atoms with van der Waals surface area (Å²) in [5, 5.41) is 14.3. The molecule has 0 unspecified atom stereocenters. The van der Waals surface area contributed by atoms with E-state index >= 15 is 0 Å². The van der Waals surface area contributed by atoms with Crippen LogP contribution in [0.25, 0.3) is 0 Å². The SMILES string of the molecule is CC(=N/N=C(\N)[S-])/C(C)=N/N=C(/N)[S-].[Cu+2]. The fraction of sp³-hybridized carbons (Fsp3) is 0.333. The quantitative estimate of drug-likeness (QED) is 0.240. The van der Waals surface area contributed by atoms with Crippen molar-refractivity contribution in [3.05, 3.63) is 0 Å². The van der Waals surface area contributed by atoms with Crippen molar-refractivity contribution in [2.75, 3.05) is 0 Å². The summed E-state index contributed by atoms with van der Waals surface area (Å²) in [6, 6.07) is 0. The maximum absolute atomic E-state index is 5.12. The van der Waals surface area contributed by atoms with Crippen LogP contribution in [0.4, 0.5) is 0 Å². The maximum Gasteiger partial charge on any atom is 2.00 e. The van der Waals surface area contributed by atoms with Crippen molar-refractivity contribution in [1.82, 2.24) is 0 Å². The van der Waals surface area contributed by atoms with E-state index in [1.165, 1.54) is 0 Å². The third kappa shape index (κ3) is 9.54. The van der Waals surface area contributed by atoms with Crippen LogP contribution in [0.2, 0.25) is 0 Å². The van der Waals surface area contributed by atoms with Gasteiger partial charge < -0.3 is 36.7 Å². The monoisotopic (exact) mass is 293 g/mol. The molecule has 4 N–H and O–H groups in total. The summed E-state index contributed by atoms with van der Waals surface area (Å²) in [5.41, 5.74) is 11.3. The Morgan fingerprint density at radius 1 is 0.800 bits per heavy atom. The van der Waals surface area contributed by atoms with E-state index in [1.54, 1.807) is 13.8 Å². The molecule has 0 aliphatic carbocycles. The van der Waals surface area contributed by atoms with Crippen molar-refractivity contribution >= 4 is 47.0 Å². The minimum Gasteiger partial charge on any atom is -0.741 e. The molecule has 0 aliphatic heterocycles. The zero-order chi connectivity index (χ0) is 11.1. The first-order valence-corrected chi connectivity index (χ1v) is 4.35. The third-order valence-electron chi connectivity index (χ3n) is 1.12. The molecule has 0 fully saturated rings. The van der Waals surface area contributed by atoms with Gasteiger partial charge in [-0.25, -0.2) is 0 Å². The Balaban J connectivity index is 0. The molecular formula is C6H10CuN6S2. The first-order chi connectivity index (χ1) is 6.43.